The van der Waals surface area contributed by atoms with Crippen molar-refractivity contribution < 1.29 is 118 Å². The molecule has 0 atom stereocenters. The molecule has 0 aliphatic rings. The van der Waals surface area contributed by atoms with Crippen LogP contribution in [0.1, 0.15) is 0 Å². The summed E-state index contributed by atoms with van der Waals surface area (Å²) in [6, 6.07) is 0. The van der Waals surface area contributed by atoms with Crippen LogP contribution in [-0.2, 0) is 37.4 Å². The van der Waals surface area contributed by atoms with Gasteiger partial charge in [-0.3, -0.25) is 0 Å². The zero-order valence-electron chi connectivity index (χ0n) is 8.76. The summed E-state index contributed by atoms with van der Waals surface area (Å²) in [5.41, 5.74) is 0. The number of rotatable bonds is 0. The van der Waals surface area contributed by atoms with Crippen LogP contribution >= 0.6 is 23.7 Å². The van der Waals surface area contributed by atoms with Crippen molar-refractivity contribution in [2.45, 2.75) is 0 Å². The van der Waals surface area contributed by atoms with Gasteiger partial charge in [0.2, 0.25) is 0 Å². The fourth-order valence-electron chi connectivity index (χ4n) is 0. The average molecular weight is 422 g/mol. The Morgan fingerprint density at radius 2 is 0.650 bits per heavy atom. The summed E-state index contributed by atoms with van der Waals surface area (Å²) in [5, 5.41) is 1.25. The molecule has 0 aromatic rings. The Morgan fingerprint density at radius 1 is 0.650 bits per heavy atom. The number of hydrogen-bond acceptors (Lipinski definition) is 10. The molecule has 0 bridgehead atoms. The van der Waals surface area contributed by atoms with E-state index < -0.39 is 23.7 Å². The van der Waals surface area contributed by atoms with E-state index in [1.54, 1.807) is 0 Å². The Morgan fingerprint density at radius 3 is 0.650 bits per heavy atom. The zero-order valence-corrected chi connectivity index (χ0v) is 14.8. The van der Waals surface area contributed by atoms with Crippen molar-refractivity contribution in [2.24, 2.45) is 0 Å². The van der Waals surface area contributed by atoms with E-state index >= 15 is 0 Å². The van der Waals surface area contributed by atoms with Gasteiger partial charge in [0.25, 0.3) is 0 Å². The largest absolute Gasteiger partial charge is 1.00 e. The Labute approximate surface area is 141 Å². The molecule has 0 unspecified atom stereocenters. The SMILES string of the molecule is FOF.O=P([O-])([O-])F.O=P([O-])([O-])F.O=P([O-])([O-])F.[Na+].[V]. The van der Waals surface area contributed by atoms with E-state index in [-0.39, 0.29) is 48.1 Å². The summed E-state index contributed by atoms with van der Waals surface area (Å²) in [4.78, 5) is 50.6. The Hall–Kier alpha value is 1.64. The first-order valence-corrected chi connectivity index (χ1v) is 6.76. The van der Waals surface area contributed by atoms with Gasteiger partial charge in [-0.1, -0.05) is 0 Å². The normalized spacial score (nSPS) is 9.75. The van der Waals surface area contributed by atoms with Crippen molar-refractivity contribution in [3.05, 3.63) is 0 Å². The molecule has 1 radical (unpaired) electrons. The van der Waals surface area contributed by atoms with Gasteiger partial charge in [0.15, 0.2) is 0 Å². The first-order chi connectivity index (χ1) is 7.41. The predicted octanol–water partition coefficient (Wildman–Crippen LogP) is -5.87. The molecule has 0 aromatic heterocycles. The fourth-order valence-corrected chi connectivity index (χ4v) is 0. The van der Waals surface area contributed by atoms with Crippen molar-refractivity contribution in [2.75, 3.05) is 0 Å². The second-order valence-electron chi connectivity index (χ2n) is 1.35. The quantitative estimate of drug-likeness (QED) is 0.206. The summed E-state index contributed by atoms with van der Waals surface area (Å²) in [7, 11) is -16.9. The van der Waals surface area contributed by atoms with Crippen molar-refractivity contribution in [3.63, 3.8) is 0 Å². The van der Waals surface area contributed by atoms with Crippen LogP contribution in [0.25, 0.3) is 0 Å². The van der Waals surface area contributed by atoms with E-state index in [4.69, 9.17) is 52.1 Å². The van der Waals surface area contributed by atoms with Gasteiger partial charge in [0.05, 0.1) is 0 Å². The summed E-state index contributed by atoms with van der Waals surface area (Å²) in [6.45, 7) is 0. The molecule has 20 heavy (non-hydrogen) atoms. The van der Waals surface area contributed by atoms with Crippen LogP contribution in [0, 0.1) is 0 Å². The van der Waals surface area contributed by atoms with Gasteiger partial charge in [-0.15, -0.1) is 0 Å². The standard InChI is InChI=1S/F2O.3FH2O3P.Na.V/c1-3-2;3*1-5(2,3)4;;/h;3*(H2,2,3,4);;/q;;;;+1;/p-6. The second kappa shape index (κ2) is 18.7. The Kier molecular flexibility index (Phi) is 35.2. The topological polar surface area (TPSA) is 199 Å². The van der Waals surface area contributed by atoms with Crippen LogP contribution in [0.4, 0.5) is 21.6 Å². The third kappa shape index (κ3) is 2530. The molecule has 0 aromatic carbocycles. The maximum atomic E-state index is 10.1. The van der Waals surface area contributed by atoms with Gasteiger partial charge < -0.3 is 43.1 Å². The maximum Gasteiger partial charge on any atom is 1.00 e. The van der Waals surface area contributed by atoms with Gasteiger partial charge in [0.1, 0.15) is 23.7 Å². The van der Waals surface area contributed by atoms with Crippen molar-refractivity contribution in [3.8, 4) is 0 Å². The van der Waals surface area contributed by atoms with E-state index in [2.05, 4.69) is 0 Å². The van der Waals surface area contributed by atoms with Gasteiger partial charge >= 0.3 is 29.6 Å². The average Bonchev–Trinajstić information content (AvgIpc) is 1.71. The summed E-state index contributed by atoms with van der Waals surface area (Å²) >= 11 is 0. The molecule has 0 rings (SSSR count). The second-order valence-corrected chi connectivity index (χ2v) is 3.93. The minimum atomic E-state index is -5.64. The molecule has 0 aliphatic carbocycles. The van der Waals surface area contributed by atoms with E-state index in [1.807, 2.05) is 0 Å². The summed E-state index contributed by atoms with van der Waals surface area (Å²) in [6.07, 6.45) is 0. The van der Waals surface area contributed by atoms with E-state index in [9.17, 15) is 12.6 Å². The molecule has 10 nitrogen and oxygen atoms in total. The van der Waals surface area contributed by atoms with E-state index in [1.165, 1.54) is 5.15 Å². The molecule has 0 fully saturated rings. The minimum absolute atomic E-state index is 0. The minimum Gasteiger partial charge on any atom is -0.786 e. The van der Waals surface area contributed by atoms with Crippen LogP contribution in [0.2, 0.25) is 0 Å². The van der Waals surface area contributed by atoms with Gasteiger partial charge in [-0.2, -0.15) is 0 Å². The first kappa shape index (κ1) is 37.7. The fraction of sp³-hybridized carbons (Fsp3) is 0. The predicted molar refractivity (Wildman–Crippen MR) is 29.4 cm³/mol. The molecule has 0 aliphatic heterocycles. The van der Waals surface area contributed by atoms with Crippen LogP contribution in [0.5, 0.6) is 0 Å². The van der Waals surface area contributed by atoms with Crippen LogP contribution < -0.4 is 58.9 Å². The van der Waals surface area contributed by atoms with Crippen LogP contribution in [0.3, 0.4) is 0 Å². The summed E-state index contributed by atoms with van der Waals surface area (Å²) in [5.74, 6) is 0. The van der Waals surface area contributed by atoms with E-state index in [0.717, 1.165) is 0 Å². The third-order valence-electron chi connectivity index (χ3n) is 0. The molecule has 121 valence electrons. The smallest absolute Gasteiger partial charge is 0.786 e. The maximum absolute atomic E-state index is 10.1. The van der Waals surface area contributed by atoms with Gasteiger partial charge in [0, 0.05) is 23.7 Å². The molecule has 20 heteroatoms. The molecular weight excluding hydrogens is 422 g/mol. The van der Waals surface area contributed by atoms with Crippen LogP contribution in [-0.4, -0.2) is 0 Å². The molecule has 0 saturated carbocycles. The summed E-state index contributed by atoms with van der Waals surface area (Å²) < 4.78 is 74.0. The molecule has 0 N–H and O–H groups in total. The van der Waals surface area contributed by atoms with Crippen molar-refractivity contribution in [1.29, 1.82) is 0 Å². The molecule has 0 heterocycles. The molecule has 0 amide bonds. The number of hydrogen-bond donors (Lipinski definition) is 0. The number of halogens is 5. The third-order valence-corrected chi connectivity index (χ3v) is 0. The molecule has 0 spiro atoms. The molecule has 0 saturated heterocycles. The van der Waals surface area contributed by atoms with Crippen LogP contribution in [0.15, 0.2) is 0 Å². The zero-order chi connectivity index (χ0) is 16.2. The first-order valence-electron chi connectivity index (χ1n) is 2.46. The van der Waals surface area contributed by atoms with Crippen molar-refractivity contribution >= 4 is 23.7 Å². The van der Waals surface area contributed by atoms with Gasteiger partial charge in [-0.25, -0.2) is 12.6 Å². The molecular formula is F5NaO10P3V-5. The Balaban J connectivity index is -0.0000000321. The van der Waals surface area contributed by atoms with Gasteiger partial charge in [-0.05, 0) is 9.05 Å². The van der Waals surface area contributed by atoms with Crippen molar-refractivity contribution in [1.82, 2.24) is 0 Å². The van der Waals surface area contributed by atoms with E-state index in [0.29, 0.717) is 0 Å². The monoisotopic (exact) mass is 422 g/mol. The Bertz CT molecular complexity index is 236.